The molecule has 0 radical (unpaired) electrons. The minimum Gasteiger partial charge on any atom is -0.126 e. The van der Waals surface area contributed by atoms with Crippen LogP contribution < -0.4 is 0 Å². The van der Waals surface area contributed by atoms with Gasteiger partial charge in [-0.3, -0.25) is 0 Å². The molecule has 0 nitrogen and oxygen atoms in total. The molecule has 4 heteroatoms. The lowest BCUT2D eigenvalue weighted by molar-refractivity contribution is 0.468. The van der Waals surface area contributed by atoms with E-state index in [2.05, 4.69) is 45.7 Å². The van der Waals surface area contributed by atoms with E-state index in [1.807, 2.05) is 0 Å². The Morgan fingerprint density at radius 2 is 1.69 bits per heavy atom. The van der Waals surface area contributed by atoms with Crippen LogP contribution in [0.3, 0.4) is 0 Å². The predicted octanol–water partition coefficient (Wildman–Crippen LogP) is 4.61. The molecule has 1 rings (SSSR count). The third-order valence-electron chi connectivity index (χ3n) is 2.87. The third kappa shape index (κ3) is 1.93. The molecule has 0 aromatic carbocycles. The average molecular weight is 353 g/mol. The molecule has 0 heterocycles. The van der Waals surface area contributed by atoms with Crippen molar-refractivity contribution in [2.24, 2.45) is 17.3 Å². The van der Waals surface area contributed by atoms with E-state index < -0.39 is 0 Å². The summed E-state index contributed by atoms with van der Waals surface area (Å²) in [6.07, 6.45) is 1.16. The normalized spacial score (nSPS) is 29.3. The van der Waals surface area contributed by atoms with E-state index >= 15 is 0 Å². The number of hydrogen-bond acceptors (Lipinski definition) is 0. The second kappa shape index (κ2) is 4.19. The minimum absolute atomic E-state index is 0.0270. The molecule has 0 aromatic heterocycles. The van der Waals surface area contributed by atoms with Crippen molar-refractivity contribution in [2.45, 2.75) is 23.5 Å². The van der Waals surface area contributed by atoms with Gasteiger partial charge < -0.3 is 0 Å². The molecule has 0 saturated heterocycles. The standard InChI is InChI=1S/C9H14Br2Cl2/c1-6(2)3-7-8(4-12,5-13)9(7,10)11/h6-7H,3-5H2,1-2H3. The second-order valence-electron chi connectivity index (χ2n) is 4.23. The van der Waals surface area contributed by atoms with Crippen molar-refractivity contribution < 1.29 is 0 Å². The molecule has 1 aliphatic rings. The average Bonchev–Trinajstić information content (AvgIpc) is 2.48. The zero-order valence-electron chi connectivity index (χ0n) is 7.79. The van der Waals surface area contributed by atoms with Crippen LogP contribution >= 0.6 is 55.1 Å². The maximum atomic E-state index is 5.97. The molecular formula is C9H14Br2Cl2. The summed E-state index contributed by atoms with van der Waals surface area (Å²) in [5.41, 5.74) is 0.0420. The molecule has 0 aliphatic heterocycles. The van der Waals surface area contributed by atoms with Crippen LogP contribution in [0.4, 0.5) is 0 Å². The maximum absolute atomic E-state index is 5.97. The van der Waals surface area contributed by atoms with E-state index in [1.54, 1.807) is 0 Å². The zero-order valence-corrected chi connectivity index (χ0v) is 12.5. The first-order valence-corrected chi connectivity index (χ1v) is 7.07. The van der Waals surface area contributed by atoms with E-state index in [0.717, 1.165) is 6.42 Å². The SMILES string of the molecule is CC(C)CC1C(Br)(Br)C1(CCl)CCl. The van der Waals surface area contributed by atoms with Crippen molar-refractivity contribution in [1.29, 1.82) is 0 Å². The number of halogens is 4. The van der Waals surface area contributed by atoms with Gasteiger partial charge in [0.1, 0.15) is 0 Å². The Kier molecular flexibility index (Phi) is 4.06. The first-order valence-electron chi connectivity index (χ1n) is 4.42. The molecule has 13 heavy (non-hydrogen) atoms. The first-order chi connectivity index (χ1) is 5.92. The predicted molar refractivity (Wildman–Crippen MR) is 67.4 cm³/mol. The van der Waals surface area contributed by atoms with Gasteiger partial charge in [-0.15, -0.1) is 23.2 Å². The molecule has 0 spiro atoms. The molecule has 1 saturated carbocycles. The van der Waals surface area contributed by atoms with Gasteiger partial charge in [-0.2, -0.15) is 0 Å². The largest absolute Gasteiger partial charge is 0.126 e. The summed E-state index contributed by atoms with van der Waals surface area (Å²) in [6.45, 7) is 4.45. The molecule has 0 amide bonds. The smallest absolute Gasteiger partial charge is 0.0922 e. The van der Waals surface area contributed by atoms with E-state index in [4.69, 9.17) is 23.2 Å². The highest BCUT2D eigenvalue weighted by Gasteiger charge is 2.73. The Morgan fingerprint density at radius 3 is 1.92 bits per heavy atom. The Bertz CT molecular complexity index is 188. The molecule has 1 atom stereocenters. The maximum Gasteiger partial charge on any atom is 0.0922 e. The van der Waals surface area contributed by atoms with Crippen molar-refractivity contribution in [3.63, 3.8) is 0 Å². The van der Waals surface area contributed by atoms with E-state index in [9.17, 15) is 0 Å². The number of hydrogen-bond donors (Lipinski definition) is 0. The number of alkyl halides is 4. The monoisotopic (exact) mass is 350 g/mol. The van der Waals surface area contributed by atoms with Gasteiger partial charge in [0, 0.05) is 17.2 Å². The minimum atomic E-state index is -0.0270. The molecule has 0 bridgehead atoms. The highest BCUT2D eigenvalue weighted by atomic mass is 79.9. The molecular weight excluding hydrogens is 339 g/mol. The lowest BCUT2D eigenvalue weighted by atomic mass is 10.0. The van der Waals surface area contributed by atoms with Gasteiger partial charge in [0.15, 0.2) is 0 Å². The van der Waals surface area contributed by atoms with Crippen LogP contribution in [0.1, 0.15) is 20.3 Å². The summed E-state index contributed by atoms with van der Waals surface area (Å²) in [7, 11) is 0. The Hall–Kier alpha value is 1.54. The summed E-state index contributed by atoms with van der Waals surface area (Å²) in [5.74, 6) is 2.47. The van der Waals surface area contributed by atoms with Gasteiger partial charge in [-0.05, 0) is 18.3 Å². The summed E-state index contributed by atoms with van der Waals surface area (Å²) >= 11 is 19.3. The Balaban J connectivity index is 2.69. The van der Waals surface area contributed by atoms with Gasteiger partial charge in [0.25, 0.3) is 0 Å². The van der Waals surface area contributed by atoms with Crippen molar-refractivity contribution in [1.82, 2.24) is 0 Å². The van der Waals surface area contributed by atoms with E-state index in [-0.39, 0.29) is 8.65 Å². The van der Waals surface area contributed by atoms with Crippen LogP contribution in [0.5, 0.6) is 0 Å². The van der Waals surface area contributed by atoms with Gasteiger partial charge >= 0.3 is 0 Å². The van der Waals surface area contributed by atoms with Crippen molar-refractivity contribution in [3.05, 3.63) is 0 Å². The van der Waals surface area contributed by atoms with Crippen LogP contribution in [0.2, 0.25) is 0 Å². The molecule has 1 unspecified atom stereocenters. The highest BCUT2D eigenvalue weighted by molar-refractivity contribution is 9.25. The van der Waals surface area contributed by atoms with Crippen LogP contribution in [0, 0.1) is 17.3 Å². The molecule has 1 aliphatic carbocycles. The van der Waals surface area contributed by atoms with Gasteiger partial charge in [-0.25, -0.2) is 0 Å². The van der Waals surface area contributed by atoms with Crippen molar-refractivity contribution in [2.75, 3.05) is 11.8 Å². The molecule has 1 fully saturated rings. The quantitative estimate of drug-likeness (QED) is 0.648. The van der Waals surface area contributed by atoms with E-state index in [1.165, 1.54) is 0 Å². The third-order valence-corrected chi connectivity index (χ3v) is 6.51. The summed E-state index contributed by atoms with van der Waals surface area (Å²) in [5, 5.41) is 0. The van der Waals surface area contributed by atoms with Crippen LogP contribution in [-0.2, 0) is 0 Å². The lowest BCUT2D eigenvalue weighted by Crippen LogP contribution is -2.13. The first kappa shape index (κ1) is 12.6. The van der Waals surface area contributed by atoms with Crippen LogP contribution in [0.15, 0.2) is 0 Å². The van der Waals surface area contributed by atoms with Gasteiger partial charge in [0.2, 0.25) is 0 Å². The Morgan fingerprint density at radius 1 is 1.23 bits per heavy atom. The molecule has 78 valence electrons. The van der Waals surface area contributed by atoms with E-state index in [0.29, 0.717) is 23.6 Å². The second-order valence-corrected chi connectivity index (χ2v) is 8.33. The highest BCUT2D eigenvalue weighted by Crippen LogP contribution is 2.73. The van der Waals surface area contributed by atoms with Crippen molar-refractivity contribution >= 4 is 55.1 Å². The fraction of sp³-hybridized carbons (Fsp3) is 1.00. The van der Waals surface area contributed by atoms with Gasteiger partial charge in [-0.1, -0.05) is 45.7 Å². The molecule has 0 N–H and O–H groups in total. The fourth-order valence-corrected chi connectivity index (χ4v) is 5.70. The lowest BCUT2D eigenvalue weighted by Gasteiger charge is -2.10. The zero-order chi connectivity index (χ0) is 10.3. The summed E-state index contributed by atoms with van der Waals surface area (Å²) in [6, 6.07) is 0. The number of rotatable bonds is 4. The summed E-state index contributed by atoms with van der Waals surface area (Å²) < 4.78 is -0.0270. The van der Waals surface area contributed by atoms with Crippen LogP contribution in [0.25, 0.3) is 0 Å². The van der Waals surface area contributed by atoms with Gasteiger partial charge in [0.05, 0.1) is 3.23 Å². The Labute approximate surface area is 107 Å². The van der Waals surface area contributed by atoms with Crippen LogP contribution in [-0.4, -0.2) is 15.0 Å². The fourth-order valence-electron chi connectivity index (χ4n) is 1.84. The molecule has 0 aromatic rings. The van der Waals surface area contributed by atoms with Crippen molar-refractivity contribution in [3.8, 4) is 0 Å². The summed E-state index contributed by atoms with van der Waals surface area (Å²) in [4.78, 5) is 0. The topological polar surface area (TPSA) is 0 Å².